The maximum Gasteiger partial charge on any atom is 0.310 e. The van der Waals surface area contributed by atoms with Gasteiger partial charge in [0.05, 0.1) is 6.42 Å². The molecule has 0 aliphatic heterocycles. The van der Waals surface area contributed by atoms with Gasteiger partial charge in [0.15, 0.2) is 6.10 Å². The lowest BCUT2D eigenvalue weighted by atomic mass is 10.0. The van der Waals surface area contributed by atoms with Crippen LogP contribution in [-0.4, -0.2) is 37.2 Å². The Morgan fingerprint density at radius 3 is 0.957 bits per heavy atom. The van der Waals surface area contributed by atoms with Crippen molar-refractivity contribution in [3.63, 3.8) is 0 Å². The van der Waals surface area contributed by atoms with Gasteiger partial charge in [0.1, 0.15) is 13.2 Å². The van der Waals surface area contributed by atoms with E-state index >= 15 is 0 Å². The Morgan fingerprint density at radius 2 is 0.609 bits per heavy atom. The van der Waals surface area contributed by atoms with Crippen molar-refractivity contribution in [2.45, 2.75) is 258 Å². The maximum atomic E-state index is 12.8. The van der Waals surface area contributed by atoms with Gasteiger partial charge in [-0.1, -0.05) is 259 Å². The Labute approximate surface area is 425 Å². The number of hydrogen-bond donors (Lipinski definition) is 0. The lowest BCUT2D eigenvalue weighted by molar-refractivity contribution is -0.166. The number of ether oxygens (including phenoxy) is 3. The van der Waals surface area contributed by atoms with Crippen molar-refractivity contribution in [1.29, 1.82) is 0 Å². The van der Waals surface area contributed by atoms with Gasteiger partial charge in [-0.15, -0.1) is 0 Å². The molecule has 0 aliphatic carbocycles. The minimum atomic E-state index is -0.850. The number of rotatable bonds is 50. The van der Waals surface area contributed by atoms with Crippen molar-refractivity contribution < 1.29 is 28.6 Å². The van der Waals surface area contributed by atoms with Crippen LogP contribution < -0.4 is 0 Å². The van der Waals surface area contributed by atoms with Crippen molar-refractivity contribution in [2.75, 3.05) is 13.2 Å². The SMILES string of the molecule is CC/C=C\C/C=C\C/C=C\C/C=C\C/C=C\CC(=O)OC(COC(=O)CCCC/C=C\C/C=C\C/C=C\C/C=C\CC)COC(=O)CCCCCCCCCCCCCCCCCCCCCCC. The Hall–Kier alpha value is -3.93. The smallest absolute Gasteiger partial charge is 0.310 e. The zero-order chi connectivity index (χ0) is 50.0. The highest BCUT2D eigenvalue weighted by Crippen LogP contribution is 2.16. The van der Waals surface area contributed by atoms with E-state index in [-0.39, 0.29) is 38.0 Å². The molecule has 0 aromatic rings. The standard InChI is InChI=1S/C63H104O6/c1-4-7-10-13-16-19-22-25-28-29-30-31-32-33-36-38-41-44-47-50-53-56-62(65)68-59-60(69-63(66)57-54-51-48-45-42-39-35-27-24-21-18-15-12-9-6-3)58-67-61(64)55-52-49-46-43-40-37-34-26-23-20-17-14-11-8-5-2/h8-9,11-12,17-18,20-21,26-27,34-35,40,42-43,45,51,54,60H,4-7,10,13-16,19,22-25,28-33,36-39,41,44,46-50,52-53,55-59H2,1-3H3/b11-8-,12-9-,20-17-,21-18-,34-26-,35-27-,43-40-,45-42-,54-51-. The first kappa shape index (κ1) is 65.1. The van der Waals surface area contributed by atoms with E-state index in [1.165, 1.54) is 116 Å². The van der Waals surface area contributed by atoms with Crippen LogP contribution in [-0.2, 0) is 28.6 Å². The van der Waals surface area contributed by atoms with Crippen LogP contribution in [0.1, 0.15) is 252 Å². The molecule has 0 aromatic carbocycles. The molecule has 0 aromatic heterocycles. The molecule has 69 heavy (non-hydrogen) atoms. The number of hydrogen-bond acceptors (Lipinski definition) is 6. The Morgan fingerprint density at radius 1 is 0.319 bits per heavy atom. The average Bonchev–Trinajstić information content (AvgIpc) is 3.35. The highest BCUT2D eigenvalue weighted by Gasteiger charge is 2.19. The summed E-state index contributed by atoms with van der Waals surface area (Å²) < 4.78 is 16.7. The maximum absolute atomic E-state index is 12.8. The van der Waals surface area contributed by atoms with E-state index < -0.39 is 12.1 Å². The summed E-state index contributed by atoms with van der Waals surface area (Å²) in [5.41, 5.74) is 0. The van der Waals surface area contributed by atoms with Crippen LogP contribution >= 0.6 is 0 Å². The third-order valence-corrected chi connectivity index (χ3v) is 11.8. The van der Waals surface area contributed by atoms with E-state index in [9.17, 15) is 14.4 Å². The van der Waals surface area contributed by atoms with E-state index in [1.54, 1.807) is 6.08 Å². The first-order valence-electron chi connectivity index (χ1n) is 28.4. The first-order valence-corrected chi connectivity index (χ1v) is 28.4. The minimum absolute atomic E-state index is 0.0860. The predicted molar refractivity (Wildman–Crippen MR) is 297 cm³/mol. The molecule has 0 N–H and O–H groups in total. The van der Waals surface area contributed by atoms with Gasteiger partial charge in [-0.2, -0.15) is 0 Å². The van der Waals surface area contributed by atoms with Crippen LogP contribution in [0, 0.1) is 0 Å². The highest BCUT2D eigenvalue weighted by atomic mass is 16.6. The number of allylic oxidation sites excluding steroid dienone is 17. The van der Waals surface area contributed by atoms with Gasteiger partial charge in [-0.05, 0) is 83.5 Å². The molecule has 0 aliphatic rings. The van der Waals surface area contributed by atoms with Gasteiger partial charge in [0.2, 0.25) is 0 Å². The normalized spacial score (nSPS) is 12.9. The van der Waals surface area contributed by atoms with Crippen LogP contribution in [0.4, 0.5) is 0 Å². The van der Waals surface area contributed by atoms with Gasteiger partial charge >= 0.3 is 17.9 Å². The zero-order valence-electron chi connectivity index (χ0n) is 44.8. The molecule has 0 rings (SSSR count). The summed E-state index contributed by atoms with van der Waals surface area (Å²) in [5, 5.41) is 0. The summed E-state index contributed by atoms with van der Waals surface area (Å²) in [7, 11) is 0. The quantitative estimate of drug-likeness (QED) is 0.0262. The molecule has 392 valence electrons. The van der Waals surface area contributed by atoms with Gasteiger partial charge in [0.25, 0.3) is 0 Å². The van der Waals surface area contributed by atoms with E-state index in [2.05, 4.69) is 118 Å². The van der Waals surface area contributed by atoms with Crippen LogP contribution in [0.25, 0.3) is 0 Å². The number of esters is 3. The molecule has 0 amide bonds. The van der Waals surface area contributed by atoms with Gasteiger partial charge in [-0.3, -0.25) is 14.4 Å². The summed E-state index contributed by atoms with van der Waals surface area (Å²) in [5.74, 6) is -1.10. The van der Waals surface area contributed by atoms with Crippen molar-refractivity contribution in [3.05, 3.63) is 109 Å². The van der Waals surface area contributed by atoms with Crippen LogP contribution in [0.3, 0.4) is 0 Å². The molecule has 6 nitrogen and oxygen atoms in total. The van der Waals surface area contributed by atoms with Crippen LogP contribution in [0.15, 0.2) is 109 Å². The van der Waals surface area contributed by atoms with Crippen LogP contribution in [0.2, 0.25) is 0 Å². The molecule has 0 fully saturated rings. The second-order valence-electron chi connectivity index (χ2n) is 18.5. The summed E-state index contributed by atoms with van der Waals surface area (Å²) in [6.07, 6.45) is 76.9. The molecular formula is C63H104O6. The lowest BCUT2D eigenvalue weighted by Crippen LogP contribution is -2.30. The number of unbranched alkanes of at least 4 members (excludes halogenated alkanes) is 22. The summed E-state index contributed by atoms with van der Waals surface area (Å²) in [4.78, 5) is 38.0. The third-order valence-electron chi connectivity index (χ3n) is 11.8. The first-order chi connectivity index (χ1) is 34.0. The molecule has 1 atom stereocenters. The summed E-state index contributed by atoms with van der Waals surface area (Å²) >= 11 is 0. The van der Waals surface area contributed by atoms with Gasteiger partial charge in [0, 0.05) is 12.8 Å². The molecule has 6 heteroatoms. The van der Waals surface area contributed by atoms with E-state index in [4.69, 9.17) is 14.2 Å². The molecular weight excluding hydrogens is 853 g/mol. The molecule has 1 unspecified atom stereocenters. The topological polar surface area (TPSA) is 78.9 Å². The Balaban J connectivity index is 4.47. The predicted octanol–water partition coefficient (Wildman–Crippen LogP) is 19.1. The van der Waals surface area contributed by atoms with E-state index in [0.29, 0.717) is 19.3 Å². The monoisotopic (exact) mass is 957 g/mol. The van der Waals surface area contributed by atoms with Crippen molar-refractivity contribution in [3.8, 4) is 0 Å². The van der Waals surface area contributed by atoms with Crippen molar-refractivity contribution in [1.82, 2.24) is 0 Å². The molecule has 0 radical (unpaired) electrons. The van der Waals surface area contributed by atoms with Crippen molar-refractivity contribution >= 4 is 17.9 Å². The molecule has 0 heterocycles. The fourth-order valence-corrected chi connectivity index (χ4v) is 7.63. The highest BCUT2D eigenvalue weighted by molar-refractivity contribution is 5.72. The number of carbonyl (C=O) groups excluding carboxylic acids is 3. The summed E-state index contributed by atoms with van der Waals surface area (Å²) in [6, 6.07) is 0. The molecule has 0 spiro atoms. The fourth-order valence-electron chi connectivity index (χ4n) is 7.63. The zero-order valence-corrected chi connectivity index (χ0v) is 44.8. The minimum Gasteiger partial charge on any atom is -0.462 e. The summed E-state index contributed by atoms with van der Waals surface area (Å²) in [6.45, 7) is 6.30. The number of carbonyl (C=O) groups is 3. The van der Waals surface area contributed by atoms with Gasteiger partial charge < -0.3 is 14.2 Å². The van der Waals surface area contributed by atoms with E-state index in [0.717, 1.165) is 83.5 Å². The Bertz CT molecular complexity index is 1420. The largest absolute Gasteiger partial charge is 0.462 e. The van der Waals surface area contributed by atoms with E-state index in [1.807, 2.05) is 6.08 Å². The Kier molecular flexibility index (Phi) is 53.4. The van der Waals surface area contributed by atoms with Gasteiger partial charge in [-0.25, -0.2) is 0 Å². The second-order valence-corrected chi connectivity index (χ2v) is 18.5. The third kappa shape index (κ3) is 54.9. The molecule has 0 saturated carbocycles. The lowest BCUT2D eigenvalue weighted by Gasteiger charge is -2.18. The average molecular weight is 958 g/mol. The van der Waals surface area contributed by atoms with Crippen molar-refractivity contribution in [2.24, 2.45) is 0 Å². The second kappa shape index (κ2) is 56.7. The van der Waals surface area contributed by atoms with Crippen LogP contribution in [0.5, 0.6) is 0 Å². The molecule has 0 bridgehead atoms. The fraction of sp³-hybridized carbons (Fsp3) is 0.667. The molecule has 0 saturated heterocycles.